The van der Waals surface area contributed by atoms with E-state index in [4.69, 9.17) is 4.74 Å². The lowest BCUT2D eigenvalue weighted by Crippen LogP contribution is -2.34. The van der Waals surface area contributed by atoms with Gasteiger partial charge in [0.1, 0.15) is 11.9 Å². The lowest BCUT2D eigenvalue weighted by Gasteiger charge is -2.28. The van der Waals surface area contributed by atoms with Gasteiger partial charge in [-0.25, -0.2) is 0 Å². The van der Waals surface area contributed by atoms with E-state index in [9.17, 15) is 15.2 Å². The number of aliphatic hydroxyl groups excluding tert-OH is 1. The van der Waals surface area contributed by atoms with Gasteiger partial charge in [-0.1, -0.05) is 12.5 Å². The Labute approximate surface area is 106 Å². The summed E-state index contributed by atoms with van der Waals surface area (Å²) in [5, 5.41) is 20.7. The number of hydrogen-bond acceptors (Lipinski definition) is 4. The van der Waals surface area contributed by atoms with Crippen LogP contribution in [-0.4, -0.2) is 22.2 Å². The standard InChI is InChI=1S/C13H17NO4/c1-9-10(14(16)17)5-4-8-12(9)18-13-7-3-2-6-11(13)15/h4-5,8,11,13,15H,2-3,6-7H2,1H3/t11-,13-/m0/s1. The van der Waals surface area contributed by atoms with Gasteiger partial charge in [0, 0.05) is 6.07 Å². The number of ether oxygens (including phenoxy) is 1. The van der Waals surface area contributed by atoms with Gasteiger partial charge in [-0.15, -0.1) is 0 Å². The van der Waals surface area contributed by atoms with Crippen molar-refractivity contribution in [3.8, 4) is 5.75 Å². The predicted molar refractivity (Wildman–Crippen MR) is 66.7 cm³/mol. The largest absolute Gasteiger partial charge is 0.487 e. The molecule has 5 nitrogen and oxygen atoms in total. The van der Waals surface area contributed by atoms with E-state index >= 15 is 0 Å². The van der Waals surface area contributed by atoms with Crippen LogP contribution in [-0.2, 0) is 0 Å². The number of nitro groups is 1. The van der Waals surface area contributed by atoms with Crippen LogP contribution in [0, 0.1) is 17.0 Å². The van der Waals surface area contributed by atoms with Crippen LogP contribution < -0.4 is 4.74 Å². The highest BCUT2D eigenvalue weighted by atomic mass is 16.6. The Morgan fingerprint density at radius 1 is 1.39 bits per heavy atom. The maximum atomic E-state index is 10.8. The highest BCUT2D eigenvalue weighted by Gasteiger charge is 2.26. The number of nitro benzene ring substituents is 1. The maximum absolute atomic E-state index is 10.8. The molecule has 0 radical (unpaired) electrons. The maximum Gasteiger partial charge on any atom is 0.276 e. The molecule has 2 rings (SSSR count). The first-order valence-electron chi connectivity index (χ1n) is 6.18. The number of aliphatic hydroxyl groups is 1. The zero-order valence-electron chi connectivity index (χ0n) is 10.3. The van der Waals surface area contributed by atoms with Crippen LogP contribution in [0.1, 0.15) is 31.2 Å². The van der Waals surface area contributed by atoms with E-state index in [1.54, 1.807) is 19.1 Å². The summed E-state index contributed by atoms with van der Waals surface area (Å²) in [4.78, 5) is 10.4. The summed E-state index contributed by atoms with van der Waals surface area (Å²) in [5.41, 5.74) is 0.568. The van der Waals surface area contributed by atoms with Gasteiger partial charge in [-0.3, -0.25) is 10.1 Å². The van der Waals surface area contributed by atoms with Crippen molar-refractivity contribution in [2.75, 3.05) is 0 Å². The molecule has 2 atom stereocenters. The molecule has 0 amide bonds. The highest BCUT2D eigenvalue weighted by Crippen LogP contribution is 2.30. The Morgan fingerprint density at radius 2 is 2.11 bits per heavy atom. The lowest BCUT2D eigenvalue weighted by molar-refractivity contribution is -0.385. The Bertz CT molecular complexity index is 447. The summed E-state index contributed by atoms with van der Waals surface area (Å²) in [6.07, 6.45) is 2.84. The van der Waals surface area contributed by atoms with Crippen LogP contribution in [0.25, 0.3) is 0 Å². The molecule has 1 saturated carbocycles. The number of benzene rings is 1. The van der Waals surface area contributed by atoms with Gasteiger partial charge < -0.3 is 9.84 Å². The van der Waals surface area contributed by atoms with Crippen molar-refractivity contribution < 1.29 is 14.8 Å². The third-order valence-corrected chi connectivity index (χ3v) is 3.40. The van der Waals surface area contributed by atoms with Gasteiger partial charge in [0.15, 0.2) is 0 Å². The van der Waals surface area contributed by atoms with Crippen LogP contribution in [0.2, 0.25) is 0 Å². The van der Waals surface area contributed by atoms with E-state index in [-0.39, 0.29) is 11.8 Å². The van der Waals surface area contributed by atoms with E-state index in [0.717, 1.165) is 25.7 Å². The van der Waals surface area contributed by atoms with E-state index < -0.39 is 11.0 Å². The smallest absolute Gasteiger partial charge is 0.276 e. The quantitative estimate of drug-likeness (QED) is 0.662. The highest BCUT2D eigenvalue weighted by molar-refractivity contribution is 5.48. The molecule has 0 aliphatic heterocycles. The molecule has 0 saturated heterocycles. The lowest BCUT2D eigenvalue weighted by atomic mass is 9.95. The summed E-state index contributed by atoms with van der Waals surface area (Å²) in [6.45, 7) is 1.67. The van der Waals surface area contributed by atoms with Crippen molar-refractivity contribution in [1.82, 2.24) is 0 Å². The molecule has 0 spiro atoms. The van der Waals surface area contributed by atoms with E-state index in [1.165, 1.54) is 6.07 Å². The van der Waals surface area contributed by atoms with Crippen LogP contribution in [0.15, 0.2) is 18.2 Å². The van der Waals surface area contributed by atoms with Gasteiger partial charge in [-0.05, 0) is 32.3 Å². The molecule has 0 aromatic heterocycles. The molecule has 98 valence electrons. The second-order valence-corrected chi connectivity index (χ2v) is 4.67. The van der Waals surface area contributed by atoms with Gasteiger partial charge in [0.05, 0.1) is 16.6 Å². The second-order valence-electron chi connectivity index (χ2n) is 4.67. The second kappa shape index (κ2) is 5.35. The van der Waals surface area contributed by atoms with Gasteiger partial charge in [0.25, 0.3) is 5.69 Å². The van der Waals surface area contributed by atoms with E-state index in [1.807, 2.05) is 0 Å². The van der Waals surface area contributed by atoms with Crippen LogP contribution in [0.5, 0.6) is 5.75 Å². The molecule has 1 aromatic rings. The first-order chi connectivity index (χ1) is 8.59. The van der Waals surface area contributed by atoms with Crippen molar-refractivity contribution in [1.29, 1.82) is 0 Å². The molecule has 1 aromatic carbocycles. The average Bonchev–Trinajstić information content (AvgIpc) is 2.34. The fraction of sp³-hybridized carbons (Fsp3) is 0.538. The monoisotopic (exact) mass is 251 g/mol. The Morgan fingerprint density at radius 3 is 2.78 bits per heavy atom. The summed E-state index contributed by atoms with van der Waals surface area (Å²) in [5.74, 6) is 0.496. The normalized spacial score (nSPS) is 23.7. The number of rotatable bonds is 3. The van der Waals surface area contributed by atoms with Gasteiger partial charge in [-0.2, -0.15) is 0 Å². The predicted octanol–water partition coefficient (Wildman–Crippen LogP) is 2.59. The van der Waals surface area contributed by atoms with Crippen molar-refractivity contribution >= 4 is 5.69 Å². The molecule has 1 aliphatic rings. The van der Waals surface area contributed by atoms with Crippen molar-refractivity contribution in [3.63, 3.8) is 0 Å². The van der Waals surface area contributed by atoms with Crippen LogP contribution >= 0.6 is 0 Å². The van der Waals surface area contributed by atoms with Crippen molar-refractivity contribution in [3.05, 3.63) is 33.9 Å². The third-order valence-electron chi connectivity index (χ3n) is 3.40. The molecule has 0 heterocycles. The Hall–Kier alpha value is -1.62. The minimum atomic E-state index is -0.475. The molecule has 1 fully saturated rings. The van der Waals surface area contributed by atoms with E-state index in [2.05, 4.69) is 0 Å². The number of hydrogen-bond donors (Lipinski definition) is 1. The average molecular weight is 251 g/mol. The van der Waals surface area contributed by atoms with Crippen LogP contribution in [0.3, 0.4) is 0 Å². The molecule has 0 bridgehead atoms. The molecule has 1 aliphatic carbocycles. The molecular formula is C13H17NO4. The zero-order chi connectivity index (χ0) is 13.1. The zero-order valence-corrected chi connectivity index (χ0v) is 10.3. The first kappa shape index (κ1) is 12.8. The molecule has 18 heavy (non-hydrogen) atoms. The van der Waals surface area contributed by atoms with Crippen molar-refractivity contribution in [2.24, 2.45) is 0 Å². The topological polar surface area (TPSA) is 72.6 Å². The summed E-state index contributed by atoms with van der Waals surface area (Å²) in [6, 6.07) is 4.78. The fourth-order valence-corrected chi connectivity index (χ4v) is 2.31. The first-order valence-corrected chi connectivity index (χ1v) is 6.18. The molecular weight excluding hydrogens is 234 g/mol. The van der Waals surface area contributed by atoms with E-state index in [0.29, 0.717) is 11.3 Å². The third kappa shape index (κ3) is 2.61. The summed E-state index contributed by atoms with van der Waals surface area (Å²) >= 11 is 0. The van der Waals surface area contributed by atoms with Crippen molar-refractivity contribution in [2.45, 2.75) is 44.8 Å². The minimum Gasteiger partial charge on any atom is -0.487 e. The van der Waals surface area contributed by atoms with Gasteiger partial charge in [0.2, 0.25) is 0 Å². The molecule has 5 heteroatoms. The summed E-state index contributed by atoms with van der Waals surface area (Å²) < 4.78 is 5.73. The molecule has 0 unspecified atom stereocenters. The SMILES string of the molecule is Cc1c(O[C@H]2CCCC[C@@H]2O)cccc1[N+](=O)[O-]. The number of nitrogens with zero attached hydrogens (tertiary/aromatic N) is 1. The van der Waals surface area contributed by atoms with Gasteiger partial charge >= 0.3 is 0 Å². The fourth-order valence-electron chi connectivity index (χ4n) is 2.31. The molecule has 1 N–H and O–H groups in total. The van der Waals surface area contributed by atoms with Crippen LogP contribution in [0.4, 0.5) is 5.69 Å². The summed E-state index contributed by atoms with van der Waals surface area (Å²) in [7, 11) is 0. The minimum absolute atomic E-state index is 0.0535. The Balaban J connectivity index is 2.18. The Kier molecular flexibility index (Phi) is 3.81.